The topological polar surface area (TPSA) is 55.6 Å². The van der Waals surface area contributed by atoms with Gasteiger partial charge in [-0.05, 0) is 44.2 Å². The van der Waals surface area contributed by atoms with Crippen LogP contribution in [0.25, 0.3) is 11.0 Å². The van der Waals surface area contributed by atoms with Crippen molar-refractivity contribution in [3.8, 4) is 5.75 Å². The minimum atomic E-state index is -0.175. The molecule has 0 amide bonds. The second-order valence-electron chi connectivity index (χ2n) is 6.71. The quantitative estimate of drug-likeness (QED) is 0.622. The average Bonchev–Trinajstić information content (AvgIpc) is 3.18. The third kappa shape index (κ3) is 2.28. The van der Waals surface area contributed by atoms with E-state index in [0.717, 1.165) is 65.2 Å². The van der Waals surface area contributed by atoms with E-state index in [4.69, 9.17) is 9.15 Å². The number of nitrogens with zero attached hydrogens (tertiary/aromatic N) is 2. The molecule has 0 fully saturated rings. The van der Waals surface area contributed by atoms with Crippen molar-refractivity contribution >= 4 is 27.4 Å². The lowest BCUT2D eigenvalue weighted by Gasteiger charge is -2.30. The number of aryl methyl sites for hydroxylation is 2. The molecule has 0 saturated heterocycles. The molecule has 0 atom stereocenters. The van der Waals surface area contributed by atoms with Crippen LogP contribution in [0.1, 0.15) is 35.1 Å². The maximum absolute atomic E-state index is 12.4. The fourth-order valence-corrected chi connectivity index (χ4v) is 4.63. The molecular formula is C19H18N2O3S. The van der Waals surface area contributed by atoms with Gasteiger partial charge in [-0.25, -0.2) is 9.78 Å². The Labute approximate surface area is 148 Å². The van der Waals surface area contributed by atoms with E-state index >= 15 is 0 Å². The molecule has 6 heteroatoms. The van der Waals surface area contributed by atoms with Crippen LogP contribution in [0.3, 0.4) is 0 Å². The summed E-state index contributed by atoms with van der Waals surface area (Å²) in [4.78, 5) is 18.9. The SMILES string of the molecule is Cc1c2c(cc3c4c(c(=O)oc13)CCCC4)CN(c1nccs1)CO2. The number of benzene rings is 1. The lowest BCUT2D eigenvalue weighted by molar-refractivity contribution is 0.287. The Balaban J connectivity index is 1.70. The molecule has 0 saturated carbocycles. The van der Waals surface area contributed by atoms with Gasteiger partial charge in [0.15, 0.2) is 11.9 Å². The Morgan fingerprint density at radius 3 is 2.88 bits per heavy atom. The molecule has 0 spiro atoms. The second kappa shape index (κ2) is 5.59. The third-order valence-electron chi connectivity index (χ3n) is 5.19. The Kier molecular flexibility index (Phi) is 3.35. The minimum absolute atomic E-state index is 0.175. The first-order valence-corrected chi connectivity index (χ1v) is 9.48. The summed E-state index contributed by atoms with van der Waals surface area (Å²) in [5.41, 5.74) is 4.61. The van der Waals surface area contributed by atoms with Crippen LogP contribution >= 0.6 is 11.3 Å². The number of anilines is 1. The first-order valence-electron chi connectivity index (χ1n) is 8.60. The molecule has 25 heavy (non-hydrogen) atoms. The number of aromatic nitrogens is 1. The summed E-state index contributed by atoms with van der Waals surface area (Å²) in [6.07, 6.45) is 5.78. The number of hydrogen-bond acceptors (Lipinski definition) is 6. The highest BCUT2D eigenvalue weighted by Crippen LogP contribution is 2.38. The predicted octanol–water partition coefficient (Wildman–Crippen LogP) is 3.79. The molecule has 5 nitrogen and oxygen atoms in total. The van der Waals surface area contributed by atoms with Crippen LogP contribution in [0.5, 0.6) is 5.75 Å². The fraction of sp³-hybridized carbons (Fsp3) is 0.368. The van der Waals surface area contributed by atoms with Gasteiger partial charge in [-0.15, -0.1) is 11.3 Å². The third-order valence-corrected chi connectivity index (χ3v) is 6.02. The van der Waals surface area contributed by atoms with Gasteiger partial charge in [0, 0.05) is 33.7 Å². The highest BCUT2D eigenvalue weighted by atomic mass is 32.1. The summed E-state index contributed by atoms with van der Waals surface area (Å²) < 4.78 is 11.7. The lowest BCUT2D eigenvalue weighted by Crippen LogP contribution is -2.32. The summed E-state index contributed by atoms with van der Waals surface area (Å²) in [5.74, 6) is 0.846. The molecule has 128 valence electrons. The van der Waals surface area contributed by atoms with E-state index in [2.05, 4.69) is 16.0 Å². The van der Waals surface area contributed by atoms with Crippen molar-refractivity contribution in [2.75, 3.05) is 11.6 Å². The van der Waals surface area contributed by atoms with Gasteiger partial charge in [0.1, 0.15) is 11.3 Å². The van der Waals surface area contributed by atoms with Crippen molar-refractivity contribution < 1.29 is 9.15 Å². The van der Waals surface area contributed by atoms with Gasteiger partial charge in [-0.1, -0.05) is 0 Å². The van der Waals surface area contributed by atoms with E-state index < -0.39 is 0 Å². The van der Waals surface area contributed by atoms with Gasteiger partial charge in [-0.2, -0.15) is 0 Å². The van der Waals surface area contributed by atoms with Crippen molar-refractivity contribution in [3.05, 3.63) is 50.3 Å². The fourth-order valence-electron chi connectivity index (χ4n) is 4.00. The summed E-state index contributed by atoms with van der Waals surface area (Å²) in [6, 6.07) is 2.16. The van der Waals surface area contributed by atoms with Crippen LogP contribution in [0.4, 0.5) is 5.13 Å². The molecule has 0 unspecified atom stereocenters. The molecule has 3 heterocycles. The zero-order valence-electron chi connectivity index (χ0n) is 14.0. The molecule has 1 aromatic carbocycles. The van der Waals surface area contributed by atoms with Crippen molar-refractivity contribution in [1.82, 2.24) is 4.98 Å². The maximum Gasteiger partial charge on any atom is 0.339 e. The monoisotopic (exact) mass is 354 g/mol. The number of fused-ring (bicyclic) bond motifs is 4. The van der Waals surface area contributed by atoms with Gasteiger partial charge >= 0.3 is 5.63 Å². The lowest BCUT2D eigenvalue weighted by atomic mass is 9.89. The number of thiazole rings is 1. The molecule has 3 aromatic rings. The molecule has 1 aliphatic heterocycles. The van der Waals surface area contributed by atoms with Crippen molar-refractivity contribution in [2.24, 2.45) is 0 Å². The first-order chi connectivity index (χ1) is 12.2. The second-order valence-corrected chi connectivity index (χ2v) is 7.58. The normalized spacial score (nSPS) is 16.4. The number of hydrogen-bond donors (Lipinski definition) is 0. The van der Waals surface area contributed by atoms with Crippen LogP contribution in [0.15, 0.2) is 26.9 Å². The average molecular weight is 354 g/mol. The zero-order chi connectivity index (χ0) is 17.0. The Hall–Kier alpha value is -2.34. The summed E-state index contributed by atoms with van der Waals surface area (Å²) in [7, 11) is 0. The Bertz CT molecular complexity index is 1020. The van der Waals surface area contributed by atoms with Crippen LogP contribution in [-0.2, 0) is 19.4 Å². The van der Waals surface area contributed by atoms with E-state index in [1.165, 1.54) is 5.56 Å². The zero-order valence-corrected chi connectivity index (χ0v) is 14.8. The van der Waals surface area contributed by atoms with Crippen LogP contribution in [-0.4, -0.2) is 11.7 Å². The smallest absolute Gasteiger partial charge is 0.339 e. The van der Waals surface area contributed by atoms with Crippen LogP contribution in [0.2, 0.25) is 0 Å². The van der Waals surface area contributed by atoms with Crippen molar-refractivity contribution in [3.63, 3.8) is 0 Å². The molecule has 0 N–H and O–H groups in total. The van der Waals surface area contributed by atoms with E-state index in [1.807, 2.05) is 18.5 Å². The highest BCUT2D eigenvalue weighted by molar-refractivity contribution is 7.13. The minimum Gasteiger partial charge on any atom is -0.472 e. The first kappa shape index (κ1) is 15.0. The maximum atomic E-state index is 12.4. The predicted molar refractivity (Wildman–Crippen MR) is 97.7 cm³/mol. The van der Waals surface area contributed by atoms with Gasteiger partial charge < -0.3 is 14.1 Å². The molecule has 0 bridgehead atoms. The largest absolute Gasteiger partial charge is 0.472 e. The van der Waals surface area contributed by atoms with Gasteiger partial charge in [0.05, 0.1) is 6.54 Å². The van der Waals surface area contributed by atoms with Gasteiger partial charge in [-0.3, -0.25) is 0 Å². The van der Waals surface area contributed by atoms with E-state index in [-0.39, 0.29) is 5.63 Å². The van der Waals surface area contributed by atoms with E-state index in [1.54, 1.807) is 11.3 Å². The standard InChI is InChI=1S/C19H18N2O3S/c1-11-16-12(9-21(10-23-16)19-20-6-7-25-19)8-15-13-4-2-3-5-14(13)18(22)24-17(11)15/h6-8H,2-5,9-10H2,1H3. The van der Waals surface area contributed by atoms with Crippen molar-refractivity contribution in [2.45, 2.75) is 39.2 Å². The Morgan fingerprint density at radius 2 is 2.08 bits per heavy atom. The molecule has 5 rings (SSSR count). The summed E-state index contributed by atoms with van der Waals surface area (Å²) in [5, 5.41) is 4.02. The number of rotatable bonds is 1. The highest BCUT2D eigenvalue weighted by Gasteiger charge is 2.26. The van der Waals surface area contributed by atoms with Crippen LogP contribution < -0.4 is 15.3 Å². The summed E-state index contributed by atoms with van der Waals surface area (Å²) in [6.45, 7) is 3.20. The van der Waals surface area contributed by atoms with E-state index in [0.29, 0.717) is 12.3 Å². The number of ether oxygens (including phenoxy) is 1. The molecule has 2 aromatic heterocycles. The molecule has 2 aliphatic rings. The Morgan fingerprint density at radius 1 is 1.24 bits per heavy atom. The van der Waals surface area contributed by atoms with Gasteiger partial charge in [0.25, 0.3) is 0 Å². The molecule has 0 radical (unpaired) electrons. The molecular weight excluding hydrogens is 336 g/mol. The van der Waals surface area contributed by atoms with E-state index in [9.17, 15) is 4.79 Å². The van der Waals surface area contributed by atoms with Gasteiger partial charge in [0.2, 0.25) is 0 Å². The van der Waals surface area contributed by atoms with Crippen molar-refractivity contribution in [1.29, 1.82) is 0 Å². The molecule has 1 aliphatic carbocycles. The summed E-state index contributed by atoms with van der Waals surface area (Å²) >= 11 is 1.61. The van der Waals surface area contributed by atoms with Crippen LogP contribution in [0, 0.1) is 6.92 Å².